The minimum atomic E-state index is -3.67. The first-order valence-corrected chi connectivity index (χ1v) is 8.85. The van der Waals surface area contributed by atoms with E-state index in [2.05, 4.69) is 6.92 Å². The molecule has 0 N–H and O–H groups in total. The number of hydrogen-bond acceptors (Lipinski definition) is 3. The van der Waals surface area contributed by atoms with Crippen LogP contribution in [0.1, 0.15) is 38.2 Å². The molecule has 0 atom stereocenters. The molecule has 6 heteroatoms. The van der Waals surface area contributed by atoms with Crippen molar-refractivity contribution in [2.45, 2.75) is 43.5 Å². The first-order chi connectivity index (χ1) is 9.86. The minimum Gasteiger partial charge on any atom is -0.207 e. The zero-order chi connectivity index (χ0) is 15.6. The van der Waals surface area contributed by atoms with E-state index < -0.39 is 10.0 Å². The van der Waals surface area contributed by atoms with Gasteiger partial charge in [0.1, 0.15) is 4.90 Å². The third kappa shape index (κ3) is 3.39. The smallest absolute Gasteiger partial charge is 0.207 e. The van der Waals surface area contributed by atoms with Crippen LogP contribution in [0.4, 0.5) is 0 Å². The van der Waals surface area contributed by atoms with Gasteiger partial charge in [-0.3, -0.25) is 0 Å². The molecule has 2 rings (SSSR count). The summed E-state index contributed by atoms with van der Waals surface area (Å²) < 4.78 is 26.9. The van der Waals surface area contributed by atoms with Gasteiger partial charge in [-0.05, 0) is 49.8 Å². The summed E-state index contributed by atoms with van der Waals surface area (Å²) in [6.07, 6.45) is 3.81. The molecule has 0 saturated heterocycles. The molecule has 0 radical (unpaired) electrons. The molecule has 1 aromatic carbocycles. The largest absolute Gasteiger partial charge is 0.244 e. The van der Waals surface area contributed by atoms with Gasteiger partial charge in [-0.15, -0.1) is 0 Å². The van der Waals surface area contributed by atoms with Gasteiger partial charge in [-0.1, -0.05) is 18.5 Å². The lowest BCUT2D eigenvalue weighted by molar-refractivity contribution is 0.246. The molecule has 0 aromatic heterocycles. The Hall–Kier alpha value is -1.09. The van der Waals surface area contributed by atoms with Crippen molar-refractivity contribution in [3.8, 4) is 6.07 Å². The average Bonchev–Trinajstić information content (AvgIpc) is 2.47. The van der Waals surface area contributed by atoms with Crippen molar-refractivity contribution in [2.75, 3.05) is 7.05 Å². The maximum atomic E-state index is 12.7. The Balaban J connectivity index is 2.31. The molecular formula is C15H19ClN2O2S. The minimum absolute atomic E-state index is 0.00742. The summed E-state index contributed by atoms with van der Waals surface area (Å²) in [4.78, 5) is 0.0179. The SMILES string of the molecule is CC1CCC(N(C)S(=O)(=O)c2cc(C#N)ccc2Cl)CC1. The third-order valence-electron chi connectivity index (χ3n) is 4.22. The van der Waals surface area contributed by atoms with E-state index in [4.69, 9.17) is 16.9 Å². The van der Waals surface area contributed by atoms with Crippen LogP contribution in [0.2, 0.25) is 5.02 Å². The monoisotopic (exact) mass is 326 g/mol. The van der Waals surface area contributed by atoms with Crippen LogP contribution in [0.25, 0.3) is 0 Å². The molecule has 114 valence electrons. The fourth-order valence-electron chi connectivity index (χ4n) is 2.73. The molecule has 0 aliphatic heterocycles. The van der Waals surface area contributed by atoms with Crippen LogP contribution in [-0.2, 0) is 10.0 Å². The molecule has 4 nitrogen and oxygen atoms in total. The fraction of sp³-hybridized carbons (Fsp3) is 0.533. The number of sulfonamides is 1. The molecule has 0 spiro atoms. The van der Waals surface area contributed by atoms with Gasteiger partial charge in [0, 0.05) is 13.1 Å². The number of nitrogens with zero attached hydrogens (tertiary/aromatic N) is 2. The van der Waals surface area contributed by atoms with Gasteiger partial charge in [0.2, 0.25) is 10.0 Å². The van der Waals surface area contributed by atoms with E-state index >= 15 is 0 Å². The molecular weight excluding hydrogens is 308 g/mol. The molecule has 0 bridgehead atoms. The van der Waals surface area contributed by atoms with Gasteiger partial charge >= 0.3 is 0 Å². The Bertz CT molecular complexity index is 659. The molecule has 0 amide bonds. The van der Waals surface area contributed by atoms with Crippen molar-refractivity contribution in [3.63, 3.8) is 0 Å². The molecule has 0 heterocycles. The molecule has 21 heavy (non-hydrogen) atoms. The van der Waals surface area contributed by atoms with E-state index in [0.717, 1.165) is 25.7 Å². The number of rotatable bonds is 3. The highest BCUT2D eigenvalue weighted by Crippen LogP contribution is 2.32. The van der Waals surface area contributed by atoms with Gasteiger partial charge in [0.15, 0.2) is 0 Å². The zero-order valence-electron chi connectivity index (χ0n) is 12.2. The van der Waals surface area contributed by atoms with E-state index in [9.17, 15) is 8.42 Å². The standard InChI is InChI=1S/C15H19ClN2O2S/c1-11-3-6-13(7-4-11)18(2)21(19,20)15-9-12(10-17)5-8-14(15)16/h5,8-9,11,13H,3-4,6-7H2,1-2H3. The summed E-state index contributed by atoms with van der Waals surface area (Å²) >= 11 is 6.03. The average molecular weight is 327 g/mol. The van der Waals surface area contributed by atoms with Crippen LogP contribution in [-0.4, -0.2) is 25.8 Å². The maximum absolute atomic E-state index is 12.7. The lowest BCUT2D eigenvalue weighted by Gasteiger charge is -2.33. The van der Waals surface area contributed by atoms with Crippen molar-refractivity contribution < 1.29 is 8.42 Å². The number of nitriles is 1. The zero-order valence-corrected chi connectivity index (χ0v) is 13.8. The van der Waals surface area contributed by atoms with Gasteiger partial charge in [-0.25, -0.2) is 8.42 Å². The van der Waals surface area contributed by atoms with Crippen LogP contribution in [0.3, 0.4) is 0 Å². The summed E-state index contributed by atoms with van der Waals surface area (Å²) in [5, 5.41) is 9.09. The molecule has 1 saturated carbocycles. The van der Waals surface area contributed by atoms with Crippen LogP contribution in [0.15, 0.2) is 23.1 Å². The van der Waals surface area contributed by atoms with Gasteiger partial charge in [0.05, 0.1) is 16.7 Å². The summed E-state index contributed by atoms with van der Waals surface area (Å²) in [6.45, 7) is 2.19. The van der Waals surface area contributed by atoms with Gasteiger partial charge in [-0.2, -0.15) is 9.57 Å². The molecule has 1 fully saturated rings. The Kier molecular flexibility index (Phi) is 4.92. The van der Waals surface area contributed by atoms with Gasteiger partial charge in [0.25, 0.3) is 0 Å². The first-order valence-electron chi connectivity index (χ1n) is 7.04. The van der Waals surface area contributed by atoms with E-state index in [1.165, 1.54) is 22.5 Å². The Morgan fingerprint density at radius 2 is 1.90 bits per heavy atom. The maximum Gasteiger partial charge on any atom is 0.244 e. The topological polar surface area (TPSA) is 61.2 Å². The second kappa shape index (κ2) is 6.35. The Morgan fingerprint density at radius 1 is 1.29 bits per heavy atom. The summed E-state index contributed by atoms with van der Waals surface area (Å²) in [6, 6.07) is 6.28. The van der Waals surface area contributed by atoms with Crippen LogP contribution >= 0.6 is 11.6 Å². The Morgan fingerprint density at radius 3 is 2.48 bits per heavy atom. The van der Waals surface area contributed by atoms with E-state index in [1.54, 1.807) is 7.05 Å². The van der Waals surface area contributed by atoms with Crippen molar-refractivity contribution >= 4 is 21.6 Å². The highest BCUT2D eigenvalue weighted by molar-refractivity contribution is 7.89. The van der Waals surface area contributed by atoms with E-state index in [-0.39, 0.29) is 16.0 Å². The predicted octanol–water partition coefficient (Wildman–Crippen LogP) is 3.41. The molecule has 1 aliphatic carbocycles. The predicted molar refractivity (Wildman–Crippen MR) is 82.5 cm³/mol. The van der Waals surface area contributed by atoms with Crippen LogP contribution in [0, 0.1) is 17.2 Å². The normalized spacial score (nSPS) is 23.0. The summed E-state index contributed by atoms with van der Waals surface area (Å²) in [7, 11) is -2.07. The van der Waals surface area contributed by atoms with Crippen molar-refractivity contribution in [1.29, 1.82) is 5.26 Å². The number of benzene rings is 1. The van der Waals surface area contributed by atoms with Crippen molar-refractivity contribution in [1.82, 2.24) is 4.31 Å². The quantitative estimate of drug-likeness (QED) is 0.855. The second-order valence-electron chi connectivity index (χ2n) is 5.69. The number of halogens is 1. The van der Waals surface area contributed by atoms with Crippen LogP contribution in [0.5, 0.6) is 0 Å². The number of hydrogen-bond donors (Lipinski definition) is 0. The summed E-state index contributed by atoms with van der Waals surface area (Å²) in [5.41, 5.74) is 0.295. The van der Waals surface area contributed by atoms with Gasteiger partial charge < -0.3 is 0 Å². The summed E-state index contributed by atoms with van der Waals surface area (Å²) in [5.74, 6) is 0.655. The molecule has 1 aliphatic rings. The van der Waals surface area contributed by atoms with Crippen molar-refractivity contribution in [2.24, 2.45) is 5.92 Å². The first kappa shape index (κ1) is 16.3. The second-order valence-corrected chi connectivity index (χ2v) is 8.07. The highest BCUT2D eigenvalue weighted by Gasteiger charge is 2.31. The molecule has 0 unspecified atom stereocenters. The third-order valence-corrected chi connectivity index (χ3v) is 6.61. The van der Waals surface area contributed by atoms with Crippen molar-refractivity contribution in [3.05, 3.63) is 28.8 Å². The van der Waals surface area contributed by atoms with E-state index in [1.807, 2.05) is 6.07 Å². The molecule has 1 aromatic rings. The fourth-order valence-corrected chi connectivity index (χ4v) is 4.64. The lowest BCUT2D eigenvalue weighted by atomic mass is 9.87. The van der Waals surface area contributed by atoms with Crippen LogP contribution < -0.4 is 0 Å². The lowest BCUT2D eigenvalue weighted by Crippen LogP contribution is -2.39. The highest BCUT2D eigenvalue weighted by atomic mass is 35.5. The Labute approximate surface area is 131 Å². The van der Waals surface area contributed by atoms with E-state index in [0.29, 0.717) is 11.5 Å².